The van der Waals surface area contributed by atoms with Crippen LogP contribution in [0.5, 0.6) is 0 Å². The average Bonchev–Trinajstić information content (AvgIpc) is 3.26. The molecule has 5 rings (SSSR count). The summed E-state index contributed by atoms with van der Waals surface area (Å²) in [6.07, 6.45) is 0.382. The van der Waals surface area contributed by atoms with E-state index in [0.717, 1.165) is 5.56 Å². The van der Waals surface area contributed by atoms with Gasteiger partial charge < -0.3 is 29.3 Å². The van der Waals surface area contributed by atoms with Crippen molar-refractivity contribution in [1.29, 1.82) is 5.26 Å². The first-order valence-electron chi connectivity index (χ1n) is 14.6. The fourth-order valence-corrected chi connectivity index (χ4v) is 7.66. The largest absolute Gasteiger partial charge is 0.504 e. The summed E-state index contributed by atoms with van der Waals surface area (Å²) in [4.78, 5) is 42.0. The van der Waals surface area contributed by atoms with Gasteiger partial charge in [0.05, 0.1) is 36.2 Å². The molecule has 1 saturated carbocycles. The number of nitrogens with zero attached hydrogens (tertiary/aromatic N) is 2. The summed E-state index contributed by atoms with van der Waals surface area (Å²) >= 11 is 0. The van der Waals surface area contributed by atoms with Gasteiger partial charge in [-0.3, -0.25) is 9.59 Å². The number of nitriles is 1. The molecule has 43 heavy (non-hydrogen) atoms. The van der Waals surface area contributed by atoms with Gasteiger partial charge in [0.1, 0.15) is 12.2 Å². The summed E-state index contributed by atoms with van der Waals surface area (Å²) < 4.78 is 17.3. The molecule has 0 bridgehead atoms. The lowest BCUT2D eigenvalue weighted by atomic mass is 9.53. The zero-order valence-electron chi connectivity index (χ0n) is 25.0. The number of carbonyl (C=O) groups excluding carboxylic acids is 3. The van der Waals surface area contributed by atoms with E-state index in [2.05, 4.69) is 6.07 Å². The van der Waals surface area contributed by atoms with Crippen LogP contribution in [-0.2, 0) is 35.1 Å². The van der Waals surface area contributed by atoms with Gasteiger partial charge in [-0.15, -0.1) is 0 Å². The molecule has 1 saturated heterocycles. The number of rotatable bonds is 8. The number of ketones is 1. The molecule has 3 aliphatic carbocycles. The summed E-state index contributed by atoms with van der Waals surface area (Å²) in [7, 11) is 1.47. The third-order valence-corrected chi connectivity index (χ3v) is 9.71. The molecule has 2 fully saturated rings. The molecule has 2 N–H and O–H groups in total. The van der Waals surface area contributed by atoms with Crippen LogP contribution in [0.3, 0.4) is 0 Å². The Kier molecular flexibility index (Phi) is 8.25. The third-order valence-electron chi connectivity index (χ3n) is 9.71. The quantitative estimate of drug-likeness (QED) is 0.340. The monoisotopic (exact) mass is 590 g/mol. The average molecular weight is 591 g/mol. The molecule has 0 amide bonds. The van der Waals surface area contributed by atoms with E-state index in [1.165, 1.54) is 14.0 Å². The molecule has 1 aromatic rings. The fourth-order valence-electron chi connectivity index (χ4n) is 7.66. The lowest BCUT2D eigenvalue weighted by molar-refractivity contribution is -0.161. The summed E-state index contributed by atoms with van der Waals surface area (Å²) in [5.74, 6) is -2.91. The number of esters is 2. The van der Waals surface area contributed by atoms with Crippen molar-refractivity contribution < 1.29 is 38.8 Å². The van der Waals surface area contributed by atoms with Crippen LogP contribution in [0.15, 0.2) is 64.6 Å². The number of allylic oxidation sites excluding steroid dienone is 1. The van der Waals surface area contributed by atoms with Gasteiger partial charge in [-0.25, -0.2) is 4.79 Å². The number of Topliss-reactive ketones (excluding diaryl/α,β-unsaturated/α-hetero) is 1. The Labute approximate surface area is 251 Å². The molecule has 1 aromatic carbocycles. The lowest BCUT2D eigenvalue weighted by Gasteiger charge is -2.54. The minimum absolute atomic E-state index is 0.0116. The summed E-state index contributed by atoms with van der Waals surface area (Å²) in [6.45, 7) is 5.56. The van der Waals surface area contributed by atoms with Crippen LogP contribution in [0.2, 0.25) is 0 Å². The maximum absolute atomic E-state index is 14.2. The first-order chi connectivity index (χ1) is 20.5. The van der Waals surface area contributed by atoms with Crippen LogP contribution in [0.1, 0.15) is 52.0 Å². The summed E-state index contributed by atoms with van der Waals surface area (Å²) in [6, 6.07) is 11.6. The first-order valence-corrected chi connectivity index (χ1v) is 14.6. The number of hydrogen-bond donors (Lipinski definition) is 2. The lowest BCUT2D eigenvalue weighted by Crippen LogP contribution is -2.57. The van der Waals surface area contributed by atoms with Crippen molar-refractivity contribution in [3.8, 4) is 6.07 Å². The number of aliphatic hydroxyl groups excluding tert-OH is 2. The number of ether oxygens (including phenoxy) is 3. The highest BCUT2D eigenvalue weighted by Gasteiger charge is 2.64. The van der Waals surface area contributed by atoms with Gasteiger partial charge >= 0.3 is 11.9 Å². The van der Waals surface area contributed by atoms with Gasteiger partial charge in [0.15, 0.2) is 5.76 Å². The summed E-state index contributed by atoms with van der Waals surface area (Å²) in [5, 5.41) is 32.1. The van der Waals surface area contributed by atoms with Crippen LogP contribution in [0.25, 0.3) is 0 Å². The van der Waals surface area contributed by atoms with Crippen molar-refractivity contribution in [3.63, 3.8) is 0 Å². The Morgan fingerprint density at radius 3 is 2.60 bits per heavy atom. The minimum atomic E-state index is -1.30. The van der Waals surface area contributed by atoms with Gasteiger partial charge in [0.2, 0.25) is 5.78 Å². The van der Waals surface area contributed by atoms with Crippen molar-refractivity contribution in [2.24, 2.45) is 16.7 Å². The molecule has 0 unspecified atom stereocenters. The zero-order valence-corrected chi connectivity index (χ0v) is 25.0. The Hall–Kier alpha value is -3.94. The molecule has 0 spiro atoms. The number of carbonyl (C=O) groups is 3. The van der Waals surface area contributed by atoms with E-state index in [1.54, 1.807) is 18.0 Å². The second-order valence-electron chi connectivity index (χ2n) is 12.3. The molecular formula is C33H38N2O8. The van der Waals surface area contributed by atoms with E-state index in [0.29, 0.717) is 30.5 Å². The van der Waals surface area contributed by atoms with Crippen LogP contribution in [-0.4, -0.2) is 71.4 Å². The van der Waals surface area contributed by atoms with E-state index in [9.17, 15) is 29.9 Å². The van der Waals surface area contributed by atoms with Crippen molar-refractivity contribution in [2.75, 3.05) is 20.3 Å². The molecule has 1 heterocycles. The Morgan fingerprint density at radius 2 is 1.95 bits per heavy atom. The van der Waals surface area contributed by atoms with Crippen LogP contribution in [0.4, 0.5) is 0 Å². The Balaban J connectivity index is 1.71. The van der Waals surface area contributed by atoms with Crippen molar-refractivity contribution in [2.45, 2.75) is 71.3 Å². The molecule has 10 nitrogen and oxygen atoms in total. The number of methoxy groups -OCH3 is 1. The second kappa shape index (κ2) is 11.6. The number of fused-ring (bicyclic) bond motifs is 4. The molecule has 228 valence electrons. The van der Waals surface area contributed by atoms with E-state index < -0.39 is 58.5 Å². The number of cyclic esters (lactones) is 1. The zero-order chi connectivity index (χ0) is 31.1. The molecule has 0 aromatic heterocycles. The van der Waals surface area contributed by atoms with Gasteiger partial charge in [-0.2, -0.15) is 5.26 Å². The second-order valence-corrected chi connectivity index (χ2v) is 12.3. The maximum Gasteiger partial charge on any atom is 0.340 e. The fraction of sp³-hybridized carbons (Fsp3) is 0.515. The van der Waals surface area contributed by atoms with E-state index in [4.69, 9.17) is 14.2 Å². The molecule has 0 radical (unpaired) electrons. The SMILES string of the molecule is COC[C@H]1OC(=O)/C(=C/N(CCC#N)Cc2ccccc2)C2=C(O)C(=O)C3=C([C@H](OC(C)=O)C[C@]4(C)[C@@H](O)CC[C@@H]34)[C@]21C. The van der Waals surface area contributed by atoms with E-state index in [1.807, 2.05) is 37.3 Å². The molecule has 1 aliphatic heterocycles. The highest BCUT2D eigenvalue weighted by Crippen LogP contribution is 2.63. The Morgan fingerprint density at radius 1 is 1.23 bits per heavy atom. The van der Waals surface area contributed by atoms with Crippen molar-refractivity contribution in [3.05, 3.63) is 70.1 Å². The van der Waals surface area contributed by atoms with Crippen molar-refractivity contribution >= 4 is 17.7 Å². The van der Waals surface area contributed by atoms with Gasteiger partial charge in [0.25, 0.3) is 0 Å². The predicted molar refractivity (Wildman–Crippen MR) is 154 cm³/mol. The predicted octanol–water partition coefficient (Wildman–Crippen LogP) is 3.67. The third kappa shape index (κ3) is 5.04. The van der Waals surface area contributed by atoms with Crippen LogP contribution < -0.4 is 0 Å². The molecule has 4 aliphatic rings. The van der Waals surface area contributed by atoms with Gasteiger partial charge in [-0.1, -0.05) is 37.3 Å². The standard InChI is InChI=1S/C33H38N2O8/c1-19(36)42-23-15-32(2)22(11-12-24(32)37)26-28(23)33(3)25(18-41-4)43-31(40)21(27(33)30(39)29(26)38)17-35(14-8-13-34)16-20-9-6-5-7-10-20/h5-7,9-10,17,22-25,37,39H,8,11-12,14-16,18H2,1-4H3/b21-17+/t22-,23+,24-,25+,32-,33-/m0/s1. The highest BCUT2D eigenvalue weighted by atomic mass is 16.6. The minimum Gasteiger partial charge on any atom is -0.504 e. The van der Waals surface area contributed by atoms with Crippen LogP contribution in [0, 0.1) is 28.1 Å². The topological polar surface area (TPSA) is 146 Å². The first kappa shape index (κ1) is 30.5. The summed E-state index contributed by atoms with van der Waals surface area (Å²) in [5.41, 5.74) is -0.260. The molecule has 10 heteroatoms. The molecular weight excluding hydrogens is 552 g/mol. The number of hydrogen-bond acceptors (Lipinski definition) is 10. The Bertz CT molecular complexity index is 1460. The normalized spacial score (nSPS) is 32.5. The van der Waals surface area contributed by atoms with Gasteiger partial charge in [-0.05, 0) is 43.2 Å². The number of benzene rings is 1. The van der Waals surface area contributed by atoms with Crippen LogP contribution >= 0.6 is 0 Å². The number of aliphatic hydroxyl groups is 2. The smallest absolute Gasteiger partial charge is 0.340 e. The van der Waals surface area contributed by atoms with E-state index in [-0.39, 0.29) is 37.1 Å². The van der Waals surface area contributed by atoms with Crippen molar-refractivity contribution in [1.82, 2.24) is 4.90 Å². The highest BCUT2D eigenvalue weighted by molar-refractivity contribution is 6.13. The molecule has 6 atom stereocenters. The van der Waals surface area contributed by atoms with E-state index >= 15 is 0 Å². The van der Waals surface area contributed by atoms with Gasteiger partial charge in [0, 0.05) is 49.9 Å². The maximum atomic E-state index is 14.2.